The zero-order chi connectivity index (χ0) is 16.7. The standard InChI is InChI=1S/C17H19NO4S/c19-17(20)12-5-4-7-14-8-6-9-15(13-14)18-23(21,22)16-10-2-1-3-11-16/h1-3,6,8-11,13,18H,4-5,7,12H2,(H,19,20). The Labute approximate surface area is 136 Å². The van der Waals surface area contributed by atoms with E-state index in [1.807, 2.05) is 6.07 Å². The molecule has 0 amide bonds. The van der Waals surface area contributed by atoms with Crippen LogP contribution >= 0.6 is 0 Å². The summed E-state index contributed by atoms with van der Waals surface area (Å²) in [6.45, 7) is 0. The van der Waals surface area contributed by atoms with Crippen LogP contribution in [0.1, 0.15) is 24.8 Å². The fourth-order valence-electron chi connectivity index (χ4n) is 2.21. The molecule has 0 bridgehead atoms. The average molecular weight is 333 g/mol. The lowest BCUT2D eigenvalue weighted by atomic mass is 10.1. The van der Waals surface area contributed by atoms with Crippen LogP contribution in [0.25, 0.3) is 0 Å². The molecule has 0 saturated heterocycles. The Kier molecular flexibility index (Phi) is 5.76. The molecule has 23 heavy (non-hydrogen) atoms. The van der Waals surface area contributed by atoms with Gasteiger partial charge in [-0.15, -0.1) is 0 Å². The summed E-state index contributed by atoms with van der Waals surface area (Å²) in [7, 11) is -3.59. The number of unbranched alkanes of at least 4 members (excludes halogenated alkanes) is 1. The van der Waals surface area contributed by atoms with Crippen molar-refractivity contribution in [3.8, 4) is 0 Å². The quantitative estimate of drug-likeness (QED) is 0.726. The van der Waals surface area contributed by atoms with E-state index in [-0.39, 0.29) is 11.3 Å². The number of rotatable bonds is 8. The molecule has 0 aliphatic heterocycles. The van der Waals surface area contributed by atoms with E-state index in [1.165, 1.54) is 12.1 Å². The third-order valence-electron chi connectivity index (χ3n) is 3.34. The third-order valence-corrected chi connectivity index (χ3v) is 4.74. The summed E-state index contributed by atoms with van der Waals surface area (Å²) >= 11 is 0. The highest BCUT2D eigenvalue weighted by molar-refractivity contribution is 7.92. The van der Waals surface area contributed by atoms with Gasteiger partial charge in [0.05, 0.1) is 4.90 Å². The topological polar surface area (TPSA) is 83.5 Å². The molecule has 0 aromatic heterocycles. The van der Waals surface area contributed by atoms with Gasteiger partial charge in [0.1, 0.15) is 0 Å². The maximum absolute atomic E-state index is 12.3. The second-order valence-electron chi connectivity index (χ2n) is 5.22. The molecule has 0 aliphatic rings. The summed E-state index contributed by atoms with van der Waals surface area (Å²) in [6.07, 6.45) is 2.23. The van der Waals surface area contributed by atoms with Gasteiger partial charge in [-0.3, -0.25) is 9.52 Å². The predicted octanol–water partition coefficient (Wildman–Crippen LogP) is 3.28. The number of carboxylic acids is 1. The number of hydrogen-bond acceptors (Lipinski definition) is 3. The third kappa shape index (κ3) is 5.41. The number of aryl methyl sites for hydroxylation is 1. The number of hydrogen-bond donors (Lipinski definition) is 2. The second-order valence-corrected chi connectivity index (χ2v) is 6.90. The highest BCUT2D eigenvalue weighted by Gasteiger charge is 2.13. The lowest BCUT2D eigenvalue weighted by Gasteiger charge is -2.09. The minimum Gasteiger partial charge on any atom is -0.481 e. The van der Waals surface area contributed by atoms with Crippen molar-refractivity contribution in [1.29, 1.82) is 0 Å². The number of sulfonamides is 1. The maximum atomic E-state index is 12.3. The number of carboxylic acid groups (broad SMARTS) is 1. The Hall–Kier alpha value is -2.34. The van der Waals surface area contributed by atoms with Crippen LogP contribution in [0.4, 0.5) is 5.69 Å². The first kappa shape index (κ1) is 17.0. The molecule has 2 aromatic rings. The SMILES string of the molecule is O=C(O)CCCCc1cccc(NS(=O)(=O)c2ccccc2)c1. The maximum Gasteiger partial charge on any atom is 0.303 e. The number of carbonyl (C=O) groups is 1. The fourth-order valence-corrected chi connectivity index (χ4v) is 3.28. The molecule has 0 heterocycles. The first-order valence-electron chi connectivity index (χ1n) is 7.36. The van der Waals surface area contributed by atoms with Gasteiger partial charge in [0.25, 0.3) is 10.0 Å². The Morgan fingerprint density at radius 2 is 1.74 bits per heavy atom. The van der Waals surface area contributed by atoms with E-state index in [9.17, 15) is 13.2 Å². The van der Waals surface area contributed by atoms with Crippen molar-refractivity contribution in [3.05, 3.63) is 60.2 Å². The number of anilines is 1. The molecule has 0 radical (unpaired) electrons. The molecule has 2 aromatic carbocycles. The van der Waals surface area contributed by atoms with Gasteiger partial charge in [0, 0.05) is 12.1 Å². The number of nitrogens with one attached hydrogen (secondary N) is 1. The first-order valence-corrected chi connectivity index (χ1v) is 8.84. The van der Waals surface area contributed by atoms with Crippen LogP contribution in [0.5, 0.6) is 0 Å². The molecule has 0 spiro atoms. The van der Waals surface area contributed by atoms with Crippen molar-refractivity contribution in [3.63, 3.8) is 0 Å². The molecule has 6 heteroatoms. The molecule has 122 valence electrons. The van der Waals surface area contributed by atoms with Crippen LogP contribution in [0.3, 0.4) is 0 Å². The van der Waals surface area contributed by atoms with Crippen LogP contribution in [0, 0.1) is 0 Å². The minimum absolute atomic E-state index is 0.153. The van der Waals surface area contributed by atoms with Crippen molar-refractivity contribution in [2.24, 2.45) is 0 Å². The van der Waals surface area contributed by atoms with E-state index < -0.39 is 16.0 Å². The summed E-state index contributed by atoms with van der Waals surface area (Å²) in [5, 5.41) is 8.61. The lowest BCUT2D eigenvalue weighted by Crippen LogP contribution is -2.12. The molecule has 2 rings (SSSR count). The van der Waals surface area contributed by atoms with Gasteiger partial charge in [0.2, 0.25) is 0 Å². The van der Waals surface area contributed by atoms with E-state index in [1.54, 1.807) is 36.4 Å². The van der Waals surface area contributed by atoms with Crippen LogP contribution in [-0.2, 0) is 21.2 Å². The van der Waals surface area contributed by atoms with Gasteiger partial charge in [-0.05, 0) is 49.1 Å². The molecular formula is C17H19NO4S. The van der Waals surface area contributed by atoms with E-state index >= 15 is 0 Å². The summed E-state index contributed by atoms with van der Waals surface area (Å²) in [5.41, 5.74) is 1.48. The van der Waals surface area contributed by atoms with Gasteiger partial charge < -0.3 is 5.11 Å². The minimum atomic E-state index is -3.59. The van der Waals surface area contributed by atoms with Gasteiger partial charge >= 0.3 is 5.97 Å². The Morgan fingerprint density at radius 3 is 2.43 bits per heavy atom. The second kappa shape index (κ2) is 7.78. The normalized spacial score (nSPS) is 11.1. The Morgan fingerprint density at radius 1 is 1.00 bits per heavy atom. The van der Waals surface area contributed by atoms with E-state index in [0.29, 0.717) is 18.5 Å². The van der Waals surface area contributed by atoms with E-state index in [2.05, 4.69) is 4.72 Å². The van der Waals surface area contributed by atoms with Gasteiger partial charge in [-0.2, -0.15) is 0 Å². The summed E-state index contributed by atoms with van der Waals surface area (Å²) in [5.74, 6) is -0.797. The van der Waals surface area contributed by atoms with Crippen molar-refractivity contribution in [2.45, 2.75) is 30.6 Å². The van der Waals surface area contributed by atoms with Crippen molar-refractivity contribution >= 4 is 21.7 Å². The van der Waals surface area contributed by atoms with Gasteiger partial charge in [-0.25, -0.2) is 8.42 Å². The highest BCUT2D eigenvalue weighted by atomic mass is 32.2. The van der Waals surface area contributed by atoms with Crippen molar-refractivity contribution in [2.75, 3.05) is 4.72 Å². The smallest absolute Gasteiger partial charge is 0.303 e. The van der Waals surface area contributed by atoms with Gasteiger partial charge in [-0.1, -0.05) is 30.3 Å². The van der Waals surface area contributed by atoms with Crippen LogP contribution in [0.2, 0.25) is 0 Å². The number of aliphatic carboxylic acids is 1. The van der Waals surface area contributed by atoms with E-state index in [4.69, 9.17) is 5.11 Å². The molecule has 2 N–H and O–H groups in total. The molecule has 0 aliphatic carbocycles. The van der Waals surface area contributed by atoms with Crippen LogP contribution in [0.15, 0.2) is 59.5 Å². The number of benzene rings is 2. The molecule has 5 nitrogen and oxygen atoms in total. The summed E-state index contributed by atoms with van der Waals surface area (Å²) in [6, 6.07) is 15.4. The Balaban J connectivity index is 2.01. The molecular weight excluding hydrogens is 314 g/mol. The summed E-state index contributed by atoms with van der Waals surface area (Å²) in [4.78, 5) is 10.7. The monoisotopic (exact) mass is 333 g/mol. The van der Waals surface area contributed by atoms with Crippen LogP contribution in [-0.4, -0.2) is 19.5 Å². The van der Waals surface area contributed by atoms with Crippen LogP contribution < -0.4 is 4.72 Å². The highest BCUT2D eigenvalue weighted by Crippen LogP contribution is 2.18. The van der Waals surface area contributed by atoms with Gasteiger partial charge in [0.15, 0.2) is 0 Å². The van der Waals surface area contributed by atoms with Crippen molar-refractivity contribution < 1.29 is 18.3 Å². The van der Waals surface area contributed by atoms with E-state index in [0.717, 1.165) is 12.0 Å². The Bertz CT molecular complexity index is 757. The first-order chi connectivity index (χ1) is 11.0. The van der Waals surface area contributed by atoms with Crippen molar-refractivity contribution in [1.82, 2.24) is 0 Å². The lowest BCUT2D eigenvalue weighted by molar-refractivity contribution is -0.137. The molecule has 0 saturated carbocycles. The average Bonchev–Trinajstić information content (AvgIpc) is 2.52. The zero-order valence-electron chi connectivity index (χ0n) is 12.6. The molecule has 0 unspecified atom stereocenters. The zero-order valence-corrected chi connectivity index (χ0v) is 13.4. The predicted molar refractivity (Wildman–Crippen MR) is 88.9 cm³/mol. The summed E-state index contributed by atoms with van der Waals surface area (Å²) < 4.78 is 27.1. The molecule has 0 fully saturated rings. The fraction of sp³-hybridized carbons (Fsp3) is 0.235. The largest absolute Gasteiger partial charge is 0.481 e. The molecule has 0 atom stereocenters.